The molecular weight excluding hydrogens is 372 g/mol. The van der Waals surface area contributed by atoms with Gasteiger partial charge in [-0.15, -0.1) is 0 Å². The van der Waals surface area contributed by atoms with Crippen molar-refractivity contribution < 1.29 is 0 Å². The molecule has 0 saturated heterocycles. The van der Waals surface area contributed by atoms with Crippen molar-refractivity contribution in [3.8, 4) is 11.1 Å². The molecule has 1 saturated carbocycles. The highest BCUT2D eigenvalue weighted by atomic mass is 14.5. The molecule has 0 bridgehead atoms. The molecule has 0 aliphatic heterocycles. The lowest BCUT2D eigenvalue weighted by Crippen LogP contribution is -2.30. The van der Waals surface area contributed by atoms with Crippen LogP contribution in [0, 0.1) is 35.0 Å². The van der Waals surface area contributed by atoms with Crippen LogP contribution in [0.5, 0.6) is 0 Å². The number of hydrogen-bond acceptors (Lipinski definition) is 0. The van der Waals surface area contributed by atoms with Crippen LogP contribution in [-0.4, -0.2) is 0 Å². The van der Waals surface area contributed by atoms with Gasteiger partial charge in [-0.25, -0.2) is 0 Å². The van der Waals surface area contributed by atoms with Crippen LogP contribution in [0.4, 0.5) is 0 Å². The van der Waals surface area contributed by atoms with Gasteiger partial charge in [-0.2, -0.15) is 0 Å². The van der Waals surface area contributed by atoms with Crippen LogP contribution >= 0.6 is 0 Å². The van der Waals surface area contributed by atoms with E-state index in [1.807, 2.05) is 0 Å². The Morgan fingerprint density at radius 2 is 1.48 bits per heavy atom. The van der Waals surface area contributed by atoms with E-state index in [-0.39, 0.29) is 5.41 Å². The van der Waals surface area contributed by atoms with Crippen LogP contribution in [0.3, 0.4) is 0 Å². The smallest absolute Gasteiger partial charge is 0.0161 e. The van der Waals surface area contributed by atoms with Crippen molar-refractivity contribution in [1.29, 1.82) is 0 Å². The van der Waals surface area contributed by atoms with E-state index < -0.39 is 0 Å². The van der Waals surface area contributed by atoms with Crippen LogP contribution in [-0.2, 0) is 0 Å². The fourth-order valence-electron chi connectivity index (χ4n) is 6.98. The standard InChI is InChI=1S/C31H38/c1-20(2)24-17-14-21(3)18-29(24)22-15-16-23(19-22)31(4,5)30-27-12-8-6-10-25(27)26-11-7-9-13-28(26)30/h6-13,15-16,19-21,23-24,29-30H,14,17-18H2,1-5H3/t21-,23?,24+,29+/m0/s1. The molecule has 0 nitrogen and oxygen atoms in total. The topological polar surface area (TPSA) is 0 Å². The van der Waals surface area contributed by atoms with Gasteiger partial charge in [-0.1, -0.05) is 108 Å². The third kappa shape index (κ3) is 3.43. The van der Waals surface area contributed by atoms with Crippen molar-refractivity contribution in [2.24, 2.45) is 35.0 Å². The Bertz CT molecular complexity index is 972. The molecule has 2 aromatic rings. The maximum atomic E-state index is 2.65. The number of fused-ring (bicyclic) bond motifs is 3. The maximum Gasteiger partial charge on any atom is 0.0161 e. The molecule has 162 valence electrons. The second-order valence-corrected chi connectivity index (χ2v) is 11.4. The average molecular weight is 411 g/mol. The van der Waals surface area contributed by atoms with E-state index in [1.165, 1.54) is 41.5 Å². The van der Waals surface area contributed by atoms with Gasteiger partial charge in [-0.3, -0.25) is 0 Å². The molecule has 3 aliphatic carbocycles. The lowest BCUT2D eigenvalue weighted by Gasteiger charge is -2.39. The largest absolute Gasteiger partial charge is 0.0768 e. The Labute approximate surface area is 189 Å². The Balaban J connectivity index is 1.50. The van der Waals surface area contributed by atoms with Gasteiger partial charge in [0, 0.05) is 11.8 Å². The second-order valence-electron chi connectivity index (χ2n) is 11.4. The average Bonchev–Trinajstić information content (AvgIpc) is 3.37. The summed E-state index contributed by atoms with van der Waals surface area (Å²) in [5.74, 6) is 4.13. The molecule has 1 unspecified atom stereocenters. The van der Waals surface area contributed by atoms with Crippen LogP contribution in [0.25, 0.3) is 11.1 Å². The van der Waals surface area contributed by atoms with Crippen molar-refractivity contribution in [2.45, 2.75) is 59.8 Å². The Kier molecular flexibility index (Phi) is 5.24. The zero-order valence-electron chi connectivity index (χ0n) is 19.9. The Morgan fingerprint density at radius 3 is 2.10 bits per heavy atom. The van der Waals surface area contributed by atoms with Crippen molar-refractivity contribution in [3.63, 3.8) is 0 Å². The third-order valence-electron chi connectivity index (χ3n) is 8.76. The first kappa shape index (κ1) is 20.8. The molecule has 31 heavy (non-hydrogen) atoms. The summed E-state index contributed by atoms with van der Waals surface area (Å²) in [5.41, 5.74) is 7.65. The summed E-state index contributed by atoms with van der Waals surface area (Å²) in [4.78, 5) is 0. The molecular formula is C31H38. The summed E-state index contributed by atoms with van der Waals surface area (Å²) >= 11 is 0. The highest BCUT2D eigenvalue weighted by molar-refractivity contribution is 5.79. The van der Waals surface area contributed by atoms with E-state index >= 15 is 0 Å². The highest BCUT2D eigenvalue weighted by Gasteiger charge is 2.44. The lowest BCUT2D eigenvalue weighted by molar-refractivity contribution is 0.172. The Hall–Kier alpha value is -2.08. The van der Waals surface area contributed by atoms with Gasteiger partial charge in [0.1, 0.15) is 0 Å². The molecule has 0 amide bonds. The predicted molar refractivity (Wildman–Crippen MR) is 133 cm³/mol. The second kappa shape index (κ2) is 7.80. The van der Waals surface area contributed by atoms with Crippen molar-refractivity contribution >= 4 is 0 Å². The molecule has 0 heterocycles. The SMILES string of the molecule is CC(C)[C@H]1CC[C@H](C)C[C@@H]1C1=CC(C(C)(C)C2c3ccccc3-c3ccccc32)C=C1. The normalized spacial score (nSPS) is 28.0. The van der Waals surface area contributed by atoms with E-state index in [0.717, 1.165) is 23.7 Å². The summed E-state index contributed by atoms with van der Waals surface area (Å²) in [6.45, 7) is 12.3. The molecule has 0 N–H and O–H groups in total. The summed E-state index contributed by atoms with van der Waals surface area (Å²) in [5, 5.41) is 0. The lowest BCUT2D eigenvalue weighted by atomic mass is 9.65. The summed E-state index contributed by atoms with van der Waals surface area (Å²) < 4.78 is 0. The fraction of sp³-hybridized carbons (Fsp3) is 0.484. The first-order chi connectivity index (χ1) is 14.9. The Morgan fingerprint density at radius 1 is 0.871 bits per heavy atom. The molecule has 2 aromatic carbocycles. The van der Waals surface area contributed by atoms with Gasteiger partial charge in [0.2, 0.25) is 0 Å². The summed E-state index contributed by atoms with van der Waals surface area (Å²) in [7, 11) is 0. The highest BCUT2D eigenvalue weighted by Crippen LogP contribution is 2.57. The van der Waals surface area contributed by atoms with Gasteiger partial charge in [-0.05, 0) is 69.8 Å². The molecule has 0 spiro atoms. The van der Waals surface area contributed by atoms with Gasteiger partial charge in [0.15, 0.2) is 0 Å². The van der Waals surface area contributed by atoms with Gasteiger partial charge in [0.25, 0.3) is 0 Å². The minimum atomic E-state index is 0.133. The monoisotopic (exact) mass is 410 g/mol. The third-order valence-corrected chi connectivity index (χ3v) is 8.76. The summed E-state index contributed by atoms with van der Waals surface area (Å²) in [6.07, 6.45) is 11.8. The molecule has 3 aliphatic rings. The number of rotatable bonds is 4. The number of allylic oxidation sites excluding steroid dienone is 4. The molecule has 0 radical (unpaired) electrons. The first-order valence-corrected chi connectivity index (χ1v) is 12.5. The zero-order valence-corrected chi connectivity index (χ0v) is 19.9. The van der Waals surface area contributed by atoms with Crippen LogP contribution < -0.4 is 0 Å². The van der Waals surface area contributed by atoms with E-state index in [2.05, 4.69) is 101 Å². The van der Waals surface area contributed by atoms with Crippen LogP contribution in [0.15, 0.2) is 72.3 Å². The van der Waals surface area contributed by atoms with Crippen LogP contribution in [0.2, 0.25) is 0 Å². The molecule has 0 heteroatoms. The predicted octanol–water partition coefficient (Wildman–Crippen LogP) is 8.65. The quantitative estimate of drug-likeness (QED) is 0.473. The number of benzene rings is 2. The van der Waals surface area contributed by atoms with Crippen molar-refractivity contribution in [3.05, 3.63) is 83.5 Å². The molecule has 0 aromatic heterocycles. The first-order valence-electron chi connectivity index (χ1n) is 12.5. The summed E-state index contributed by atoms with van der Waals surface area (Å²) in [6, 6.07) is 18.2. The van der Waals surface area contributed by atoms with E-state index in [9.17, 15) is 0 Å². The van der Waals surface area contributed by atoms with E-state index in [1.54, 1.807) is 5.57 Å². The fourth-order valence-corrected chi connectivity index (χ4v) is 6.98. The minimum absolute atomic E-state index is 0.133. The maximum absolute atomic E-state index is 2.65. The van der Waals surface area contributed by atoms with Gasteiger partial charge < -0.3 is 0 Å². The van der Waals surface area contributed by atoms with Crippen LogP contribution in [0.1, 0.15) is 70.9 Å². The van der Waals surface area contributed by atoms with E-state index in [0.29, 0.717) is 11.8 Å². The van der Waals surface area contributed by atoms with Crippen molar-refractivity contribution in [1.82, 2.24) is 0 Å². The van der Waals surface area contributed by atoms with Crippen molar-refractivity contribution in [2.75, 3.05) is 0 Å². The number of hydrogen-bond donors (Lipinski definition) is 0. The molecule has 1 fully saturated rings. The minimum Gasteiger partial charge on any atom is -0.0768 e. The van der Waals surface area contributed by atoms with E-state index in [4.69, 9.17) is 0 Å². The van der Waals surface area contributed by atoms with Gasteiger partial charge in [0.05, 0.1) is 0 Å². The molecule has 4 atom stereocenters. The van der Waals surface area contributed by atoms with Gasteiger partial charge >= 0.3 is 0 Å². The zero-order chi connectivity index (χ0) is 21.8. The molecule has 5 rings (SSSR count).